The van der Waals surface area contributed by atoms with Crippen molar-refractivity contribution in [3.8, 4) is 0 Å². The number of oxime groups is 1. The predicted octanol–water partition coefficient (Wildman–Crippen LogP) is 2.38. The summed E-state index contributed by atoms with van der Waals surface area (Å²) in [7, 11) is 0. The van der Waals surface area contributed by atoms with Gasteiger partial charge in [0.1, 0.15) is 12.1 Å². The van der Waals surface area contributed by atoms with E-state index in [9.17, 15) is 0 Å². The standard InChI is InChI=1S/C12H23N3O/c1-4-5-6-7-15-10-12(2,3)9-13-11(15)8-14-16/h8,16H,4-7,9-10H2,1-3H3. The topological polar surface area (TPSA) is 48.2 Å². The first-order chi connectivity index (χ1) is 7.59. The number of hydrogen-bond donors (Lipinski definition) is 1. The number of aliphatic imine (C=N–C) groups is 1. The lowest BCUT2D eigenvalue weighted by Gasteiger charge is -2.37. The lowest BCUT2D eigenvalue weighted by atomic mass is 9.91. The van der Waals surface area contributed by atoms with E-state index in [-0.39, 0.29) is 5.41 Å². The smallest absolute Gasteiger partial charge is 0.145 e. The van der Waals surface area contributed by atoms with Crippen molar-refractivity contribution in [2.45, 2.75) is 40.0 Å². The molecule has 92 valence electrons. The molecule has 0 aromatic carbocycles. The Labute approximate surface area is 98.0 Å². The Bertz CT molecular complexity index is 271. The van der Waals surface area contributed by atoms with Crippen LogP contribution >= 0.6 is 0 Å². The van der Waals surface area contributed by atoms with E-state index in [1.807, 2.05) is 0 Å². The van der Waals surface area contributed by atoms with Gasteiger partial charge in [0, 0.05) is 25.0 Å². The first-order valence-electron chi connectivity index (χ1n) is 6.06. The average Bonchev–Trinajstić information content (AvgIpc) is 2.22. The second-order valence-corrected chi connectivity index (χ2v) is 5.21. The summed E-state index contributed by atoms with van der Waals surface area (Å²) in [6, 6.07) is 0. The van der Waals surface area contributed by atoms with Crippen molar-refractivity contribution in [3.05, 3.63) is 0 Å². The average molecular weight is 225 g/mol. The van der Waals surface area contributed by atoms with E-state index in [0.29, 0.717) is 0 Å². The highest BCUT2D eigenvalue weighted by Gasteiger charge is 2.27. The zero-order valence-corrected chi connectivity index (χ0v) is 10.6. The molecule has 0 saturated heterocycles. The minimum Gasteiger partial charge on any atom is -0.411 e. The number of unbranched alkanes of at least 4 members (excludes halogenated alkanes) is 2. The van der Waals surface area contributed by atoms with E-state index in [0.717, 1.165) is 25.5 Å². The van der Waals surface area contributed by atoms with Gasteiger partial charge in [0.25, 0.3) is 0 Å². The van der Waals surface area contributed by atoms with Gasteiger partial charge in [-0.3, -0.25) is 4.99 Å². The Hall–Kier alpha value is -1.06. The SMILES string of the molecule is CCCCCN1CC(C)(C)CN=C1C=NO. The zero-order chi connectivity index (χ0) is 12.0. The van der Waals surface area contributed by atoms with Gasteiger partial charge >= 0.3 is 0 Å². The van der Waals surface area contributed by atoms with Crippen LogP contribution in [0.5, 0.6) is 0 Å². The highest BCUT2D eigenvalue weighted by Crippen LogP contribution is 2.22. The van der Waals surface area contributed by atoms with Crippen LogP contribution in [0.3, 0.4) is 0 Å². The summed E-state index contributed by atoms with van der Waals surface area (Å²) in [5.74, 6) is 0.818. The van der Waals surface area contributed by atoms with Crippen molar-refractivity contribution in [1.29, 1.82) is 0 Å². The maximum atomic E-state index is 8.60. The summed E-state index contributed by atoms with van der Waals surface area (Å²) < 4.78 is 0. The minimum atomic E-state index is 0.221. The van der Waals surface area contributed by atoms with Crippen molar-refractivity contribution >= 4 is 12.1 Å². The molecular weight excluding hydrogens is 202 g/mol. The third-order valence-corrected chi connectivity index (χ3v) is 2.82. The first-order valence-corrected chi connectivity index (χ1v) is 6.06. The minimum absolute atomic E-state index is 0.221. The molecule has 0 aliphatic carbocycles. The molecule has 4 nitrogen and oxygen atoms in total. The Morgan fingerprint density at radius 2 is 2.25 bits per heavy atom. The Kier molecular flexibility index (Phi) is 4.77. The van der Waals surface area contributed by atoms with Crippen molar-refractivity contribution in [3.63, 3.8) is 0 Å². The van der Waals surface area contributed by atoms with E-state index in [1.165, 1.54) is 25.5 Å². The summed E-state index contributed by atoms with van der Waals surface area (Å²) in [5, 5.41) is 11.7. The predicted molar refractivity (Wildman–Crippen MR) is 67.5 cm³/mol. The largest absolute Gasteiger partial charge is 0.411 e. The Morgan fingerprint density at radius 1 is 1.50 bits per heavy atom. The van der Waals surface area contributed by atoms with E-state index in [4.69, 9.17) is 5.21 Å². The first kappa shape index (κ1) is 13.0. The quantitative estimate of drug-likeness (QED) is 0.338. The van der Waals surface area contributed by atoms with Crippen molar-refractivity contribution < 1.29 is 5.21 Å². The molecular formula is C12H23N3O. The molecule has 0 saturated carbocycles. The molecule has 1 aliphatic rings. The van der Waals surface area contributed by atoms with Gasteiger partial charge in [-0.2, -0.15) is 0 Å². The van der Waals surface area contributed by atoms with Crippen LogP contribution in [0, 0.1) is 5.41 Å². The molecule has 1 rings (SSSR count). The van der Waals surface area contributed by atoms with Crippen LogP contribution in [0.1, 0.15) is 40.0 Å². The van der Waals surface area contributed by atoms with Gasteiger partial charge in [0.2, 0.25) is 0 Å². The Morgan fingerprint density at radius 3 is 2.88 bits per heavy atom. The number of hydrogen-bond acceptors (Lipinski definition) is 4. The van der Waals surface area contributed by atoms with Gasteiger partial charge in [0.05, 0.1) is 0 Å². The highest BCUT2D eigenvalue weighted by atomic mass is 16.4. The van der Waals surface area contributed by atoms with Gasteiger partial charge in [-0.05, 0) is 6.42 Å². The van der Waals surface area contributed by atoms with Gasteiger partial charge in [-0.15, -0.1) is 0 Å². The molecule has 16 heavy (non-hydrogen) atoms. The van der Waals surface area contributed by atoms with Crippen LogP contribution in [0.2, 0.25) is 0 Å². The monoisotopic (exact) mass is 225 g/mol. The number of amidine groups is 1. The lowest BCUT2D eigenvalue weighted by Crippen LogP contribution is -2.45. The Balaban J connectivity index is 2.61. The molecule has 0 atom stereocenters. The molecule has 0 bridgehead atoms. The lowest BCUT2D eigenvalue weighted by molar-refractivity contribution is 0.239. The van der Waals surface area contributed by atoms with Crippen LogP contribution < -0.4 is 0 Å². The molecule has 1 heterocycles. The fraction of sp³-hybridized carbons (Fsp3) is 0.833. The molecule has 0 unspecified atom stereocenters. The van der Waals surface area contributed by atoms with Crippen LogP contribution in [-0.4, -0.2) is 41.8 Å². The van der Waals surface area contributed by atoms with E-state index >= 15 is 0 Å². The second-order valence-electron chi connectivity index (χ2n) is 5.21. The number of nitrogens with zero attached hydrogens (tertiary/aromatic N) is 3. The molecule has 0 amide bonds. The highest BCUT2D eigenvalue weighted by molar-refractivity contribution is 6.29. The van der Waals surface area contributed by atoms with E-state index in [1.54, 1.807) is 0 Å². The summed E-state index contributed by atoms with van der Waals surface area (Å²) in [6.07, 6.45) is 5.07. The van der Waals surface area contributed by atoms with Crippen LogP contribution in [-0.2, 0) is 0 Å². The molecule has 0 radical (unpaired) electrons. The van der Waals surface area contributed by atoms with Crippen LogP contribution in [0.15, 0.2) is 10.1 Å². The van der Waals surface area contributed by atoms with Crippen molar-refractivity contribution in [2.24, 2.45) is 15.6 Å². The maximum absolute atomic E-state index is 8.60. The molecule has 4 heteroatoms. The molecule has 0 fully saturated rings. The number of rotatable bonds is 5. The third-order valence-electron chi connectivity index (χ3n) is 2.82. The molecule has 1 aliphatic heterocycles. The normalized spacial score (nSPS) is 20.2. The molecule has 0 aromatic rings. The maximum Gasteiger partial charge on any atom is 0.145 e. The van der Waals surface area contributed by atoms with Gasteiger partial charge in [0.15, 0.2) is 0 Å². The van der Waals surface area contributed by atoms with Crippen LogP contribution in [0.25, 0.3) is 0 Å². The second kappa shape index (κ2) is 5.87. The fourth-order valence-electron chi connectivity index (χ4n) is 1.96. The van der Waals surface area contributed by atoms with Gasteiger partial charge in [-0.25, -0.2) is 0 Å². The third kappa shape index (κ3) is 3.83. The van der Waals surface area contributed by atoms with Crippen molar-refractivity contribution in [2.75, 3.05) is 19.6 Å². The summed E-state index contributed by atoms with van der Waals surface area (Å²) >= 11 is 0. The molecule has 1 N–H and O–H groups in total. The summed E-state index contributed by atoms with van der Waals surface area (Å²) in [4.78, 5) is 6.69. The van der Waals surface area contributed by atoms with E-state index in [2.05, 4.69) is 35.8 Å². The summed E-state index contributed by atoms with van der Waals surface area (Å²) in [5.41, 5.74) is 0.221. The zero-order valence-electron chi connectivity index (χ0n) is 10.6. The fourth-order valence-corrected chi connectivity index (χ4v) is 1.96. The van der Waals surface area contributed by atoms with Crippen LogP contribution in [0.4, 0.5) is 0 Å². The van der Waals surface area contributed by atoms with E-state index < -0.39 is 0 Å². The van der Waals surface area contributed by atoms with Gasteiger partial charge < -0.3 is 10.1 Å². The summed E-state index contributed by atoms with van der Waals surface area (Å²) in [6.45, 7) is 9.43. The van der Waals surface area contributed by atoms with Gasteiger partial charge in [-0.1, -0.05) is 38.8 Å². The molecule has 0 spiro atoms. The van der Waals surface area contributed by atoms with Crippen molar-refractivity contribution in [1.82, 2.24) is 4.90 Å². The molecule has 0 aromatic heterocycles.